The van der Waals surface area contributed by atoms with Gasteiger partial charge in [-0.15, -0.1) is 0 Å². The number of nitrogens with two attached hydrogens (primary N) is 1. The Labute approximate surface area is 99.2 Å². The van der Waals surface area contributed by atoms with E-state index in [1.807, 2.05) is 13.8 Å². The van der Waals surface area contributed by atoms with Crippen molar-refractivity contribution in [3.05, 3.63) is 0 Å². The minimum absolute atomic E-state index is 0.0220. The van der Waals surface area contributed by atoms with Crippen LogP contribution in [0.4, 0.5) is 0 Å². The van der Waals surface area contributed by atoms with Crippen molar-refractivity contribution in [2.45, 2.75) is 65.0 Å². The number of hydrogen-bond donors (Lipinski definition) is 2. The summed E-state index contributed by atoms with van der Waals surface area (Å²) in [6.45, 7) is 6.21. The van der Waals surface area contributed by atoms with Gasteiger partial charge in [0.15, 0.2) is 0 Å². The Bertz CT molecular complexity index is 228. The van der Waals surface area contributed by atoms with E-state index in [0.29, 0.717) is 12.0 Å². The smallest absolute Gasteiger partial charge is 0.237 e. The molecule has 1 aliphatic rings. The minimum Gasteiger partial charge on any atom is -0.352 e. The first-order chi connectivity index (χ1) is 7.52. The number of carbonyl (C=O) groups is 1. The second kappa shape index (κ2) is 6.24. The van der Waals surface area contributed by atoms with Gasteiger partial charge in [0, 0.05) is 6.04 Å². The Hall–Kier alpha value is -0.570. The third kappa shape index (κ3) is 3.78. The van der Waals surface area contributed by atoms with Crippen LogP contribution in [-0.2, 0) is 4.79 Å². The van der Waals surface area contributed by atoms with E-state index in [1.54, 1.807) is 0 Å². The van der Waals surface area contributed by atoms with Gasteiger partial charge in [-0.2, -0.15) is 0 Å². The summed E-state index contributed by atoms with van der Waals surface area (Å²) in [5.74, 6) is 0.820. The van der Waals surface area contributed by atoms with Crippen LogP contribution in [0.25, 0.3) is 0 Å². The first-order valence-corrected chi connectivity index (χ1v) is 6.58. The molecule has 1 rings (SSSR count). The highest BCUT2D eigenvalue weighted by Gasteiger charge is 2.24. The third-order valence-corrected chi connectivity index (χ3v) is 3.71. The van der Waals surface area contributed by atoms with Crippen molar-refractivity contribution in [3.63, 3.8) is 0 Å². The SMILES string of the molecule is CC(C)C(N)C(=O)NC1CCCCCC1C. The van der Waals surface area contributed by atoms with Crippen molar-refractivity contribution < 1.29 is 4.79 Å². The van der Waals surface area contributed by atoms with Crippen LogP contribution in [0.3, 0.4) is 0 Å². The molecule has 0 spiro atoms. The Balaban J connectivity index is 2.48. The monoisotopic (exact) mass is 226 g/mol. The Kier molecular flexibility index (Phi) is 5.26. The van der Waals surface area contributed by atoms with Gasteiger partial charge in [0.05, 0.1) is 6.04 Å². The summed E-state index contributed by atoms with van der Waals surface area (Å²) in [7, 11) is 0. The number of hydrogen-bond acceptors (Lipinski definition) is 2. The van der Waals surface area contributed by atoms with Crippen LogP contribution >= 0.6 is 0 Å². The molecule has 0 radical (unpaired) electrons. The van der Waals surface area contributed by atoms with E-state index in [9.17, 15) is 4.79 Å². The van der Waals surface area contributed by atoms with E-state index >= 15 is 0 Å². The predicted octanol–water partition coefficient (Wildman–Crippen LogP) is 2.05. The summed E-state index contributed by atoms with van der Waals surface area (Å²) < 4.78 is 0. The van der Waals surface area contributed by atoms with Gasteiger partial charge < -0.3 is 11.1 Å². The fraction of sp³-hybridized carbons (Fsp3) is 0.923. The molecule has 0 aromatic heterocycles. The summed E-state index contributed by atoms with van der Waals surface area (Å²) in [6, 6.07) is -0.0322. The van der Waals surface area contributed by atoms with E-state index in [-0.39, 0.29) is 17.9 Å². The van der Waals surface area contributed by atoms with E-state index in [0.717, 1.165) is 6.42 Å². The number of nitrogens with one attached hydrogen (secondary N) is 1. The Morgan fingerprint density at radius 2 is 1.88 bits per heavy atom. The third-order valence-electron chi connectivity index (χ3n) is 3.71. The van der Waals surface area contributed by atoms with Crippen molar-refractivity contribution in [3.8, 4) is 0 Å². The second-order valence-corrected chi connectivity index (χ2v) is 5.50. The highest BCUT2D eigenvalue weighted by molar-refractivity contribution is 5.82. The van der Waals surface area contributed by atoms with Gasteiger partial charge in [-0.05, 0) is 24.7 Å². The van der Waals surface area contributed by atoms with Crippen LogP contribution in [0.1, 0.15) is 52.9 Å². The normalized spacial score (nSPS) is 28.6. The van der Waals surface area contributed by atoms with Crippen molar-refractivity contribution in [2.24, 2.45) is 17.6 Å². The molecule has 0 bridgehead atoms. The second-order valence-electron chi connectivity index (χ2n) is 5.50. The van der Waals surface area contributed by atoms with Gasteiger partial charge in [-0.25, -0.2) is 0 Å². The summed E-state index contributed by atoms with van der Waals surface area (Å²) in [6.07, 6.45) is 6.16. The maximum absolute atomic E-state index is 11.9. The summed E-state index contributed by atoms with van der Waals surface area (Å²) in [4.78, 5) is 11.9. The first-order valence-electron chi connectivity index (χ1n) is 6.58. The van der Waals surface area contributed by atoms with Crippen molar-refractivity contribution in [1.29, 1.82) is 0 Å². The lowest BCUT2D eigenvalue weighted by Gasteiger charge is -2.25. The van der Waals surface area contributed by atoms with Crippen LogP contribution in [0.15, 0.2) is 0 Å². The fourth-order valence-corrected chi connectivity index (χ4v) is 2.29. The Morgan fingerprint density at radius 1 is 1.25 bits per heavy atom. The highest BCUT2D eigenvalue weighted by Crippen LogP contribution is 2.23. The molecule has 0 saturated heterocycles. The molecule has 3 atom stereocenters. The van der Waals surface area contributed by atoms with Gasteiger partial charge in [0.1, 0.15) is 0 Å². The zero-order valence-electron chi connectivity index (χ0n) is 10.8. The van der Waals surface area contributed by atoms with E-state index in [1.165, 1.54) is 25.7 Å². The average Bonchev–Trinajstić information content (AvgIpc) is 2.43. The quantitative estimate of drug-likeness (QED) is 0.724. The minimum atomic E-state index is -0.365. The molecule has 3 heteroatoms. The topological polar surface area (TPSA) is 55.1 Å². The largest absolute Gasteiger partial charge is 0.352 e. The van der Waals surface area contributed by atoms with Gasteiger partial charge >= 0.3 is 0 Å². The van der Waals surface area contributed by atoms with Gasteiger partial charge in [-0.1, -0.05) is 40.0 Å². The van der Waals surface area contributed by atoms with Crippen LogP contribution in [-0.4, -0.2) is 18.0 Å². The standard InChI is InChI=1S/C13H26N2O/c1-9(2)12(14)13(16)15-11-8-6-4-5-7-10(11)3/h9-12H,4-8,14H2,1-3H3,(H,15,16). The average molecular weight is 226 g/mol. The summed E-state index contributed by atoms with van der Waals surface area (Å²) in [5.41, 5.74) is 5.85. The van der Waals surface area contributed by atoms with Crippen molar-refractivity contribution in [1.82, 2.24) is 5.32 Å². The van der Waals surface area contributed by atoms with E-state index in [4.69, 9.17) is 5.73 Å². The van der Waals surface area contributed by atoms with Gasteiger partial charge in [-0.3, -0.25) is 4.79 Å². The zero-order valence-corrected chi connectivity index (χ0v) is 10.8. The molecule has 1 aliphatic carbocycles. The molecule has 16 heavy (non-hydrogen) atoms. The molecular weight excluding hydrogens is 200 g/mol. The molecule has 3 unspecified atom stereocenters. The van der Waals surface area contributed by atoms with Crippen molar-refractivity contribution >= 4 is 5.91 Å². The highest BCUT2D eigenvalue weighted by atomic mass is 16.2. The summed E-state index contributed by atoms with van der Waals surface area (Å²) >= 11 is 0. The molecule has 1 amide bonds. The lowest BCUT2D eigenvalue weighted by atomic mass is 9.96. The molecule has 3 nitrogen and oxygen atoms in total. The fourth-order valence-electron chi connectivity index (χ4n) is 2.29. The molecular formula is C13H26N2O. The maximum atomic E-state index is 11.9. The molecule has 3 N–H and O–H groups in total. The lowest BCUT2D eigenvalue weighted by molar-refractivity contribution is -0.124. The lowest BCUT2D eigenvalue weighted by Crippen LogP contribution is -2.49. The van der Waals surface area contributed by atoms with Crippen LogP contribution < -0.4 is 11.1 Å². The first kappa shape index (κ1) is 13.5. The molecule has 0 heterocycles. The molecule has 0 aromatic rings. The Morgan fingerprint density at radius 3 is 2.50 bits per heavy atom. The number of carbonyl (C=O) groups excluding carboxylic acids is 1. The molecule has 1 fully saturated rings. The predicted molar refractivity (Wildman–Crippen MR) is 67.0 cm³/mol. The molecule has 94 valence electrons. The summed E-state index contributed by atoms with van der Waals surface area (Å²) in [5, 5.41) is 3.13. The van der Waals surface area contributed by atoms with E-state index in [2.05, 4.69) is 12.2 Å². The van der Waals surface area contributed by atoms with Crippen LogP contribution in [0, 0.1) is 11.8 Å². The van der Waals surface area contributed by atoms with Gasteiger partial charge in [0.25, 0.3) is 0 Å². The van der Waals surface area contributed by atoms with E-state index < -0.39 is 0 Å². The van der Waals surface area contributed by atoms with Crippen LogP contribution in [0.2, 0.25) is 0 Å². The molecule has 1 saturated carbocycles. The maximum Gasteiger partial charge on any atom is 0.237 e. The van der Waals surface area contributed by atoms with Crippen LogP contribution in [0.5, 0.6) is 0 Å². The zero-order chi connectivity index (χ0) is 12.1. The number of amides is 1. The molecule has 0 aliphatic heterocycles. The molecule has 0 aromatic carbocycles. The number of rotatable bonds is 3. The van der Waals surface area contributed by atoms with Crippen molar-refractivity contribution in [2.75, 3.05) is 0 Å². The van der Waals surface area contributed by atoms with Gasteiger partial charge in [0.2, 0.25) is 5.91 Å².